The van der Waals surface area contributed by atoms with Gasteiger partial charge in [0, 0.05) is 0 Å². The molecule has 21 nitrogen and oxygen atoms in total. The molecular formula is C24H44O21. The summed E-state index contributed by atoms with van der Waals surface area (Å²) in [5.41, 5.74) is -8.09. The Hall–Kier alpha value is -0.840. The van der Waals surface area contributed by atoms with Crippen LogP contribution in [-0.2, 0) is 14.2 Å². The maximum Gasteiger partial charge on any atom is 0.156 e. The van der Waals surface area contributed by atoms with Gasteiger partial charge in [-0.25, -0.2) is 0 Å². The summed E-state index contributed by atoms with van der Waals surface area (Å²) < 4.78 is 16.1. The van der Waals surface area contributed by atoms with E-state index in [9.17, 15) is 91.9 Å². The molecule has 3 fully saturated rings. The lowest BCUT2D eigenvalue weighted by Gasteiger charge is -2.62. The van der Waals surface area contributed by atoms with Crippen LogP contribution in [0.4, 0.5) is 0 Å². The maximum absolute atomic E-state index is 12.6. The predicted molar refractivity (Wildman–Crippen MR) is 136 cm³/mol. The molecule has 0 aromatic carbocycles. The first-order valence-electron chi connectivity index (χ1n) is 13.9. The van der Waals surface area contributed by atoms with Crippen LogP contribution in [0.5, 0.6) is 0 Å². The van der Waals surface area contributed by atoms with E-state index in [2.05, 4.69) is 0 Å². The number of hydrogen-bond acceptors (Lipinski definition) is 21. The van der Waals surface area contributed by atoms with Gasteiger partial charge in [-0.1, -0.05) is 0 Å². The SMILES string of the molecule is OC[C@@H](O)[C@@H](O)[C@H](O)[C@](O)(C1O[C@H](CO)[C@@H](O)[C@H](O)[C@H]1O)C(O)(C1O[C@H](CO)[C@@H](O)[C@H](O)[C@H]1O)C1O[C@H](CO)[C@@H](O)[C@H](O)[C@H]1O. The minimum absolute atomic E-state index is 1.18. The molecule has 3 unspecified atom stereocenters. The molecule has 3 aliphatic heterocycles. The van der Waals surface area contributed by atoms with Crippen LogP contribution in [0.15, 0.2) is 0 Å². The van der Waals surface area contributed by atoms with Gasteiger partial charge >= 0.3 is 0 Å². The highest BCUT2D eigenvalue weighted by molar-refractivity contribution is 5.24. The van der Waals surface area contributed by atoms with E-state index < -0.39 is 148 Å². The Morgan fingerprint density at radius 2 is 0.778 bits per heavy atom. The van der Waals surface area contributed by atoms with Crippen LogP contribution < -0.4 is 0 Å². The van der Waals surface area contributed by atoms with Crippen molar-refractivity contribution in [3.05, 3.63) is 0 Å². The molecule has 3 rings (SSSR count). The molecule has 266 valence electrons. The van der Waals surface area contributed by atoms with Gasteiger partial charge in [0.15, 0.2) is 11.2 Å². The Labute approximate surface area is 254 Å². The molecule has 3 aliphatic rings. The molecule has 0 spiro atoms. The van der Waals surface area contributed by atoms with Crippen molar-refractivity contribution in [1.82, 2.24) is 0 Å². The van der Waals surface area contributed by atoms with E-state index in [4.69, 9.17) is 14.2 Å². The van der Waals surface area contributed by atoms with Gasteiger partial charge in [-0.3, -0.25) is 0 Å². The molecular weight excluding hydrogens is 624 g/mol. The van der Waals surface area contributed by atoms with Crippen molar-refractivity contribution < 1.29 is 106 Å². The van der Waals surface area contributed by atoms with Crippen LogP contribution in [0.2, 0.25) is 0 Å². The summed E-state index contributed by atoms with van der Waals surface area (Å²) >= 11 is 0. The summed E-state index contributed by atoms with van der Waals surface area (Å²) in [6, 6.07) is 0. The van der Waals surface area contributed by atoms with Crippen LogP contribution in [0.25, 0.3) is 0 Å². The predicted octanol–water partition coefficient (Wildman–Crippen LogP) is -11.9. The summed E-state index contributed by atoms with van der Waals surface area (Å²) in [5.74, 6) is 0. The Morgan fingerprint density at radius 3 is 1.09 bits per heavy atom. The standard InChI is InChI=1S/C24H44O21/c25-1-5(29)9(30)19(40)23(41,20-16(37)13(34)10(31)6(2-26)43-20)24(42,21-17(38)14(35)11(32)7(3-27)44-21)22-18(39)15(36)12(33)8(4-28)45-22/h5-22,25-42H,1-4H2/t5-,6-,7-,8-,9-,10-,11-,12-,13+,14+,15+,16-,17-,18-,19+,20?,21?,22?,23+,24?/m1/s1. The normalized spacial score (nSPS) is 47.7. The van der Waals surface area contributed by atoms with E-state index >= 15 is 0 Å². The van der Waals surface area contributed by atoms with E-state index in [1.807, 2.05) is 0 Å². The van der Waals surface area contributed by atoms with E-state index in [1.165, 1.54) is 0 Å². The molecule has 3 heterocycles. The molecule has 21 heteroatoms. The molecule has 0 amide bonds. The number of aliphatic hydroxyl groups excluding tert-OH is 16. The lowest BCUT2D eigenvalue weighted by molar-refractivity contribution is -0.399. The minimum atomic E-state index is -4.09. The lowest BCUT2D eigenvalue weighted by Crippen LogP contribution is -2.86. The van der Waals surface area contributed by atoms with Crippen LogP contribution in [0.3, 0.4) is 0 Å². The van der Waals surface area contributed by atoms with Crippen molar-refractivity contribution in [3.63, 3.8) is 0 Å². The van der Waals surface area contributed by atoms with Gasteiger partial charge in [-0.15, -0.1) is 0 Å². The summed E-state index contributed by atoms with van der Waals surface area (Å²) in [6.45, 7) is -4.90. The van der Waals surface area contributed by atoms with Gasteiger partial charge in [0.1, 0.15) is 110 Å². The summed E-state index contributed by atoms with van der Waals surface area (Å²) in [6.07, 6.45) is -44.2. The van der Waals surface area contributed by atoms with E-state index in [1.54, 1.807) is 0 Å². The molecule has 0 bridgehead atoms. The van der Waals surface area contributed by atoms with Gasteiger partial charge < -0.3 is 106 Å². The van der Waals surface area contributed by atoms with Crippen LogP contribution in [-0.4, -0.2) is 239 Å². The maximum atomic E-state index is 12.6. The third kappa shape index (κ3) is 6.25. The highest BCUT2D eigenvalue weighted by Crippen LogP contribution is 2.48. The monoisotopic (exact) mass is 668 g/mol. The second-order valence-corrected chi connectivity index (χ2v) is 11.6. The van der Waals surface area contributed by atoms with E-state index in [0.29, 0.717) is 0 Å². The zero-order valence-electron chi connectivity index (χ0n) is 23.5. The van der Waals surface area contributed by atoms with Gasteiger partial charge in [0.2, 0.25) is 0 Å². The van der Waals surface area contributed by atoms with Crippen molar-refractivity contribution in [3.8, 4) is 0 Å². The van der Waals surface area contributed by atoms with Crippen LogP contribution >= 0.6 is 0 Å². The molecule has 18 N–H and O–H groups in total. The summed E-state index contributed by atoms with van der Waals surface area (Å²) in [4.78, 5) is 0. The molecule has 3 saturated heterocycles. The minimum Gasteiger partial charge on any atom is -0.394 e. The average Bonchev–Trinajstić information content (AvgIpc) is 3.03. The Balaban J connectivity index is 2.42. The molecule has 0 radical (unpaired) electrons. The zero-order valence-corrected chi connectivity index (χ0v) is 23.5. The smallest absolute Gasteiger partial charge is 0.156 e. The van der Waals surface area contributed by atoms with Gasteiger partial charge in [-0.05, 0) is 0 Å². The van der Waals surface area contributed by atoms with Crippen LogP contribution in [0, 0.1) is 0 Å². The van der Waals surface area contributed by atoms with Crippen molar-refractivity contribution in [2.75, 3.05) is 26.4 Å². The van der Waals surface area contributed by atoms with E-state index in [0.717, 1.165) is 0 Å². The molecule has 0 aromatic rings. The summed E-state index contributed by atoms with van der Waals surface area (Å²) in [5, 5.41) is 192. The third-order valence-electron chi connectivity index (χ3n) is 8.98. The summed E-state index contributed by atoms with van der Waals surface area (Å²) in [7, 11) is 0. The average molecular weight is 669 g/mol. The largest absolute Gasteiger partial charge is 0.394 e. The van der Waals surface area contributed by atoms with Gasteiger partial charge in [0.25, 0.3) is 0 Å². The zero-order chi connectivity index (χ0) is 34.3. The lowest BCUT2D eigenvalue weighted by atomic mass is 9.61. The quantitative estimate of drug-likeness (QED) is 0.0971. The Morgan fingerprint density at radius 1 is 0.467 bits per heavy atom. The third-order valence-corrected chi connectivity index (χ3v) is 8.98. The molecule has 0 aliphatic carbocycles. The Bertz CT molecular complexity index is 905. The number of ether oxygens (including phenoxy) is 3. The van der Waals surface area contributed by atoms with Crippen molar-refractivity contribution >= 4 is 0 Å². The molecule has 0 saturated carbocycles. The second kappa shape index (κ2) is 14.7. The Kier molecular flexibility index (Phi) is 12.6. The van der Waals surface area contributed by atoms with Gasteiger partial charge in [-0.2, -0.15) is 0 Å². The first-order valence-corrected chi connectivity index (χ1v) is 13.9. The van der Waals surface area contributed by atoms with Gasteiger partial charge in [0.05, 0.1) is 26.4 Å². The number of aliphatic hydroxyl groups is 18. The van der Waals surface area contributed by atoms with Crippen molar-refractivity contribution in [2.45, 2.75) is 121 Å². The first kappa shape index (κ1) is 38.6. The fourth-order valence-corrected chi connectivity index (χ4v) is 6.23. The molecule has 19 atom stereocenters. The number of rotatable bonds is 11. The van der Waals surface area contributed by atoms with Crippen molar-refractivity contribution in [1.29, 1.82) is 0 Å². The second-order valence-electron chi connectivity index (χ2n) is 11.6. The fraction of sp³-hybridized carbons (Fsp3) is 1.00. The van der Waals surface area contributed by atoms with E-state index in [-0.39, 0.29) is 0 Å². The highest BCUT2D eigenvalue weighted by atomic mass is 16.6. The molecule has 0 aromatic heterocycles. The fourth-order valence-electron chi connectivity index (χ4n) is 6.23. The first-order chi connectivity index (χ1) is 20.9. The topological polar surface area (TPSA) is 392 Å². The highest BCUT2D eigenvalue weighted by Gasteiger charge is 2.75. The molecule has 45 heavy (non-hydrogen) atoms. The van der Waals surface area contributed by atoms with Crippen molar-refractivity contribution in [2.24, 2.45) is 0 Å². The van der Waals surface area contributed by atoms with Crippen LogP contribution in [0.1, 0.15) is 0 Å². The number of hydrogen-bond donors (Lipinski definition) is 18.